The predicted octanol–water partition coefficient (Wildman–Crippen LogP) is 4.66. The first-order valence-corrected chi connectivity index (χ1v) is 7.82. The monoisotopic (exact) mass is 314 g/mol. The van der Waals surface area contributed by atoms with Crippen LogP contribution in [0.4, 0.5) is 0 Å². The lowest BCUT2D eigenvalue weighted by Gasteiger charge is -2.33. The zero-order valence-corrected chi connectivity index (χ0v) is 13.2. The van der Waals surface area contributed by atoms with Gasteiger partial charge in [0.2, 0.25) is 0 Å². The summed E-state index contributed by atoms with van der Waals surface area (Å²) in [7, 11) is 0. The third-order valence-electron chi connectivity index (χ3n) is 4.16. The van der Waals surface area contributed by atoms with Crippen molar-refractivity contribution in [2.24, 2.45) is 0 Å². The van der Waals surface area contributed by atoms with Crippen LogP contribution >= 0.6 is 0 Å². The molecule has 0 saturated carbocycles. The number of carboxylic acid groups (broad SMARTS) is 1. The molecule has 0 fully saturated rings. The van der Waals surface area contributed by atoms with Crippen molar-refractivity contribution in [1.29, 1.82) is 0 Å². The molecule has 0 radical (unpaired) electrons. The summed E-state index contributed by atoms with van der Waals surface area (Å²) in [6.07, 6.45) is 3.00. The van der Waals surface area contributed by atoms with Crippen molar-refractivity contribution >= 4 is 5.97 Å². The van der Waals surface area contributed by atoms with Crippen LogP contribution in [0.25, 0.3) is 0 Å². The van der Waals surface area contributed by atoms with Crippen molar-refractivity contribution in [2.75, 3.05) is 0 Å². The third-order valence-corrected chi connectivity index (χ3v) is 4.16. The molecule has 0 bridgehead atoms. The predicted molar refractivity (Wildman–Crippen MR) is 96.0 cm³/mol. The van der Waals surface area contributed by atoms with Gasteiger partial charge in [-0.1, -0.05) is 97.1 Å². The Morgan fingerprint density at radius 1 is 0.667 bits per heavy atom. The van der Waals surface area contributed by atoms with E-state index in [0.717, 1.165) is 16.7 Å². The molecule has 2 nitrogen and oxygen atoms in total. The van der Waals surface area contributed by atoms with Gasteiger partial charge in [0, 0.05) is 6.08 Å². The van der Waals surface area contributed by atoms with Crippen LogP contribution in [-0.2, 0) is 10.2 Å². The quantitative estimate of drug-likeness (QED) is 0.549. The molecule has 0 unspecified atom stereocenters. The highest BCUT2D eigenvalue weighted by molar-refractivity contribution is 5.80. The lowest BCUT2D eigenvalue weighted by molar-refractivity contribution is -0.131. The minimum absolute atomic E-state index is 0.651. The third kappa shape index (κ3) is 2.99. The highest BCUT2D eigenvalue weighted by Gasteiger charge is 2.33. The minimum Gasteiger partial charge on any atom is -0.478 e. The van der Waals surface area contributed by atoms with E-state index in [1.165, 1.54) is 6.08 Å². The van der Waals surface area contributed by atoms with Crippen LogP contribution < -0.4 is 0 Å². The lowest BCUT2D eigenvalue weighted by Crippen LogP contribution is -2.27. The summed E-state index contributed by atoms with van der Waals surface area (Å²) in [4.78, 5) is 11.3. The van der Waals surface area contributed by atoms with Crippen LogP contribution in [0.1, 0.15) is 16.7 Å². The van der Waals surface area contributed by atoms with Crippen molar-refractivity contribution in [1.82, 2.24) is 0 Å². The first kappa shape index (κ1) is 15.8. The normalized spacial score (nSPS) is 11.5. The van der Waals surface area contributed by atoms with E-state index in [1.54, 1.807) is 6.08 Å². The maximum absolute atomic E-state index is 11.3. The van der Waals surface area contributed by atoms with Crippen molar-refractivity contribution in [3.8, 4) is 0 Å². The molecule has 3 aromatic rings. The Morgan fingerprint density at radius 3 is 1.29 bits per heavy atom. The second-order valence-electron chi connectivity index (χ2n) is 5.58. The first-order chi connectivity index (χ1) is 11.7. The SMILES string of the molecule is O=C(O)C=CC(c1ccccc1)(c1ccccc1)c1ccccc1. The Bertz CT molecular complexity index is 725. The van der Waals surface area contributed by atoms with Crippen molar-refractivity contribution in [2.45, 2.75) is 5.41 Å². The van der Waals surface area contributed by atoms with E-state index >= 15 is 0 Å². The van der Waals surface area contributed by atoms with Gasteiger partial charge in [-0.25, -0.2) is 4.79 Å². The summed E-state index contributed by atoms with van der Waals surface area (Å²) in [6.45, 7) is 0. The molecule has 0 spiro atoms. The maximum Gasteiger partial charge on any atom is 0.328 e. The van der Waals surface area contributed by atoms with Gasteiger partial charge in [0.15, 0.2) is 0 Å². The zero-order valence-electron chi connectivity index (χ0n) is 13.2. The minimum atomic E-state index is -0.956. The number of rotatable bonds is 5. The van der Waals surface area contributed by atoms with Crippen LogP contribution in [0.15, 0.2) is 103 Å². The fourth-order valence-electron chi connectivity index (χ4n) is 3.09. The summed E-state index contributed by atoms with van der Waals surface area (Å²) in [5.74, 6) is -0.956. The number of allylic oxidation sites excluding steroid dienone is 1. The summed E-state index contributed by atoms with van der Waals surface area (Å²) in [5, 5.41) is 9.23. The molecular formula is C22H18O2. The largest absolute Gasteiger partial charge is 0.478 e. The fraction of sp³-hybridized carbons (Fsp3) is 0.0455. The molecular weight excluding hydrogens is 296 g/mol. The van der Waals surface area contributed by atoms with Gasteiger partial charge in [0.05, 0.1) is 5.41 Å². The summed E-state index contributed by atoms with van der Waals surface area (Å²) in [5.41, 5.74) is 2.43. The van der Waals surface area contributed by atoms with Gasteiger partial charge >= 0.3 is 5.97 Å². The van der Waals surface area contributed by atoms with Crippen molar-refractivity contribution in [3.05, 3.63) is 120 Å². The molecule has 0 aliphatic heterocycles. The van der Waals surface area contributed by atoms with Crippen molar-refractivity contribution in [3.63, 3.8) is 0 Å². The first-order valence-electron chi connectivity index (χ1n) is 7.82. The summed E-state index contributed by atoms with van der Waals surface area (Å²) < 4.78 is 0. The maximum atomic E-state index is 11.3. The molecule has 0 saturated heterocycles. The molecule has 0 amide bonds. The van der Waals surface area contributed by atoms with E-state index in [9.17, 15) is 9.90 Å². The fourth-order valence-corrected chi connectivity index (χ4v) is 3.09. The molecule has 0 aromatic heterocycles. The second kappa shape index (κ2) is 6.97. The van der Waals surface area contributed by atoms with E-state index < -0.39 is 11.4 Å². The molecule has 24 heavy (non-hydrogen) atoms. The number of aliphatic carboxylic acids is 1. The Balaban J connectivity index is 2.35. The standard InChI is InChI=1S/C22H18O2/c23-21(24)16-17-22(18-10-4-1-5-11-18,19-12-6-2-7-13-19)20-14-8-3-9-15-20/h1-17H,(H,23,24). The summed E-state index contributed by atoms with van der Waals surface area (Å²) >= 11 is 0. The lowest BCUT2D eigenvalue weighted by atomic mass is 9.69. The molecule has 0 atom stereocenters. The average Bonchev–Trinajstić information content (AvgIpc) is 2.65. The molecule has 0 heterocycles. The number of hydrogen-bond donors (Lipinski definition) is 1. The smallest absolute Gasteiger partial charge is 0.328 e. The Kier molecular flexibility index (Phi) is 4.57. The van der Waals surface area contributed by atoms with Gasteiger partial charge < -0.3 is 5.11 Å². The van der Waals surface area contributed by atoms with Gasteiger partial charge in [0.1, 0.15) is 0 Å². The molecule has 1 N–H and O–H groups in total. The van der Waals surface area contributed by atoms with Crippen LogP contribution in [0.3, 0.4) is 0 Å². The zero-order chi connectivity index (χ0) is 16.8. The molecule has 2 heteroatoms. The number of benzene rings is 3. The van der Waals surface area contributed by atoms with Gasteiger partial charge in [-0.3, -0.25) is 0 Å². The van der Waals surface area contributed by atoms with Crippen LogP contribution in [0, 0.1) is 0 Å². The van der Waals surface area contributed by atoms with Gasteiger partial charge in [-0.05, 0) is 16.7 Å². The molecule has 118 valence electrons. The highest BCUT2D eigenvalue weighted by Crippen LogP contribution is 2.40. The average molecular weight is 314 g/mol. The number of carbonyl (C=O) groups is 1. The highest BCUT2D eigenvalue weighted by atomic mass is 16.4. The second-order valence-corrected chi connectivity index (χ2v) is 5.58. The van der Waals surface area contributed by atoms with E-state index in [-0.39, 0.29) is 0 Å². The Labute approximate surface area is 141 Å². The van der Waals surface area contributed by atoms with Gasteiger partial charge in [0.25, 0.3) is 0 Å². The van der Waals surface area contributed by atoms with E-state index in [2.05, 4.69) is 0 Å². The molecule has 3 rings (SSSR count). The number of carboxylic acids is 1. The topological polar surface area (TPSA) is 37.3 Å². The van der Waals surface area contributed by atoms with E-state index in [0.29, 0.717) is 0 Å². The molecule has 3 aromatic carbocycles. The number of hydrogen-bond acceptors (Lipinski definition) is 1. The molecule has 0 aliphatic rings. The van der Waals surface area contributed by atoms with Gasteiger partial charge in [-0.2, -0.15) is 0 Å². The van der Waals surface area contributed by atoms with Gasteiger partial charge in [-0.15, -0.1) is 0 Å². The van der Waals surface area contributed by atoms with Crippen LogP contribution in [0.2, 0.25) is 0 Å². The van der Waals surface area contributed by atoms with Crippen LogP contribution in [0.5, 0.6) is 0 Å². The Morgan fingerprint density at radius 2 is 1.00 bits per heavy atom. The Hall–Kier alpha value is -3.13. The molecule has 0 aliphatic carbocycles. The van der Waals surface area contributed by atoms with E-state index in [1.807, 2.05) is 91.0 Å². The van der Waals surface area contributed by atoms with Crippen LogP contribution in [-0.4, -0.2) is 11.1 Å². The van der Waals surface area contributed by atoms with E-state index in [4.69, 9.17) is 0 Å². The van der Waals surface area contributed by atoms with Crippen molar-refractivity contribution < 1.29 is 9.90 Å². The summed E-state index contributed by atoms with van der Waals surface area (Å²) in [6, 6.07) is 30.0.